The lowest BCUT2D eigenvalue weighted by Crippen LogP contribution is -2.28. The number of aromatic nitrogens is 5. The minimum absolute atomic E-state index is 0. The van der Waals surface area contributed by atoms with E-state index in [1.165, 1.54) is 4.68 Å². The Morgan fingerprint density at radius 2 is 1.93 bits per heavy atom. The summed E-state index contributed by atoms with van der Waals surface area (Å²) in [7, 11) is 0. The molecule has 0 radical (unpaired) electrons. The second kappa shape index (κ2) is 12.9. The topological polar surface area (TPSA) is 105 Å². The molecule has 0 bridgehead atoms. The van der Waals surface area contributed by atoms with Gasteiger partial charge in [-0.25, -0.2) is 16.2 Å². The molecule has 0 aliphatic rings. The molecule has 2 atom stereocenters. The summed E-state index contributed by atoms with van der Waals surface area (Å²) >= 11 is 0. The second-order valence-electron chi connectivity index (χ2n) is 6.06. The van der Waals surface area contributed by atoms with Crippen molar-refractivity contribution in [2.75, 3.05) is 19.8 Å². The fourth-order valence-corrected chi connectivity index (χ4v) is 2.58. The number of nitrogens with zero attached hydrogens (tertiary/aromatic N) is 6. The average Bonchev–Trinajstić information content (AvgIpc) is 3.29. The van der Waals surface area contributed by atoms with E-state index in [1.807, 2.05) is 36.4 Å². The van der Waals surface area contributed by atoms with Crippen LogP contribution in [-0.2, 0) is 11.3 Å². The Balaban J connectivity index is 0.00000156. The molecule has 10 heteroatoms. The highest BCUT2D eigenvalue weighted by Crippen LogP contribution is 2.16. The normalized spacial score (nSPS) is 12.2. The SMILES string of the molecule is C.[3H]F.[C-]#[N+]C[C@H](COc1ccccn1)n1nnnc1C(N)COCc1ccccc1. The summed E-state index contributed by atoms with van der Waals surface area (Å²) in [5, 5.41) is 11.8. The molecule has 30 heavy (non-hydrogen) atoms. The largest absolute Gasteiger partial charge is 0.475 e. The van der Waals surface area contributed by atoms with Crippen LogP contribution >= 0.6 is 0 Å². The summed E-state index contributed by atoms with van der Waals surface area (Å²) < 4.78 is 25.9. The van der Waals surface area contributed by atoms with Gasteiger partial charge in [0.05, 0.1) is 19.3 Å². The highest BCUT2D eigenvalue weighted by Gasteiger charge is 2.24. The zero-order valence-corrected chi connectivity index (χ0v) is 15.6. The molecule has 1 unspecified atom stereocenters. The number of pyridine rings is 1. The van der Waals surface area contributed by atoms with Crippen LogP contribution in [0.3, 0.4) is 0 Å². The van der Waals surface area contributed by atoms with Crippen molar-refractivity contribution in [3.05, 3.63) is 77.5 Å². The Bertz CT molecular complexity index is 893. The second-order valence-corrected chi connectivity index (χ2v) is 6.06. The molecule has 9 nitrogen and oxygen atoms in total. The van der Waals surface area contributed by atoms with Gasteiger partial charge in [0.1, 0.15) is 6.61 Å². The predicted molar refractivity (Wildman–Crippen MR) is 110 cm³/mol. The van der Waals surface area contributed by atoms with E-state index in [2.05, 4.69) is 26.8 Å². The smallest absolute Gasteiger partial charge is 0.269 e. The Kier molecular flexibility index (Phi) is 9.85. The summed E-state index contributed by atoms with van der Waals surface area (Å²) in [6.45, 7) is 8.28. The zero-order chi connectivity index (χ0) is 21.6. The number of benzene rings is 1. The maximum Gasteiger partial charge on any atom is 0.269 e. The van der Waals surface area contributed by atoms with Crippen molar-refractivity contribution in [1.82, 2.24) is 25.2 Å². The van der Waals surface area contributed by atoms with Gasteiger partial charge in [-0.15, -0.1) is 5.10 Å². The molecule has 0 saturated carbocycles. The van der Waals surface area contributed by atoms with Crippen molar-refractivity contribution in [2.24, 2.45) is 5.73 Å². The predicted octanol–water partition coefficient (Wildman–Crippen LogP) is 2.61. The third kappa shape index (κ3) is 6.88. The maximum absolute atomic E-state index is 8.75. The lowest BCUT2D eigenvalue weighted by Gasteiger charge is -2.17. The third-order valence-electron chi connectivity index (χ3n) is 3.97. The Hall–Kier alpha value is -3.42. The van der Waals surface area contributed by atoms with E-state index in [0.29, 0.717) is 18.3 Å². The summed E-state index contributed by atoms with van der Waals surface area (Å²) in [6.07, 6.45) is 1.64. The average molecular weight is 417 g/mol. The minimum Gasteiger partial charge on any atom is -0.475 e. The fraction of sp³-hybridized carbons (Fsp3) is 0.350. The first-order chi connectivity index (χ1) is 14.8. The number of nitrogens with two attached hydrogens (primary N) is 1. The van der Waals surface area contributed by atoms with Gasteiger partial charge >= 0.3 is 0 Å². The molecule has 0 aliphatic carbocycles. The molecule has 2 aromatic heterocycles. The van der Waals surface area contributed by atoms with Gasteiger partial charge < -0.3 is 20.1 Å². The van der Waals surface area contributed by atoms with Crippen LogP contribution in [0.4, 0.5) is 4.72 Å². The van der Waals surface area contributed by atoms with Crippen LogP contribution < -0.4 is 10.5 Å². The van der Waals surface area contributed by atoms with Crippen molar-refractivity contribution < 1.29 is 14.2 Å². The van der Waals surface area contributed by atoms with Gasteiger partial charge in [0.25, 0.3) is 1.45 Å². The Morgan fingerprint density at radius 3 is 2.63 bits per heavy atom. The number of hydrogen-bond donors (Lipinski definition) is 1. The first-order valence-corrected chi connectivity index (χ1v) is 8.80. The minimum atomic E-state index is -0.526. The lowest BCUT2D eigenvalue weighted by atomic mass is 10.2. The van der Waals surface area contributed by atoms with Gasteiger partial charge in [0.2, 0.25) is 12.4 Å². The fourth-order valence-electron chi connectivity index (χ4n) is 2.58. The summed E-state index contributed by atoms with van der Waals surface area (Å²) in [5.41, 5.74) is 7.29. The quantitative estimate of drug-likeness (QED) is 0.506. The van der Waals surface area contributed by atoms with Crippen molar-refractivity contribution in [2.45, 2.75) is 26.1 Å². The molecule has 160 valence electrons. The molecular weight excluding hydrogens is 389 g/mol. The summed E-state index contributed by atoms with van der Waals surface area (Å²) in [6, 6.07) is 14.3. The van der Waals surface area contributed by atoms with E-state index in [0.717, 1.165) is 5.56 Å². The van der Waals surface area contributed by atoms with Crippen LogP contribution in [0.5, 0.6) is 5.88 Å². The van der Waals surface area contributed by atoms with Gasteiger partial charge in [-0.2, -0.15) is 0 Å². The van der Waals surface area contributed by atoms with E-state index in [-0.39, 0.29) is 33.2 Å². The third-order valence-corrected chi connectivity index (χ3v) is 3.97. The van der Waals surface area contributed by atoms with Crippen molar-refractivity contribution in [3.8, 4) is 5.88 Å². The molecule has 3 aromatic rings. The van der Waals surface area contributed by atoms with E-state index >= 15 is 0 Å². The number of tetrazole rings is 1. The molecular formula is C20H26FN7O2. The van der Waals surface area contributed by atoms with Crippen LogP contribution in [0.15, 0.2) is 54.7 Å². The van der Waals surface area contributed by atoms with E-state index in [4.69, 9.17) is 26.5 Å². The van der Waals surface area contributed by atoms with Gasteiger partial charge in [-0.3, -0.25) is 4.72 Å². The molecule has 0 saturated heterocycles. The molecule has 1 aromatic carbocycles. The van der Waals surface area contributed by atoms with Gasteiger partial charge in [0.15, 0.2) is 11.9 Å². The van der Waals surface area contributed by atoms with Crippen molar-refractivity contribution >= 4 is 0 Å². The van der Waals surface area contributed by atoms with Gasteiger partial charge in [-0.05, 0) is 22.1 Å². The van der Waals surface area contributed by atoms with Crippen molar-refractivity contribution in [1.29, 1.82) is 1.45 Å². The van der Waals surface area contributed by atoms with Crippen LogP contribution in [-0.4, -0.2) is 46.4 Å². The molecule has 0 fully saturated rings. The van der Waals surface area contributed by atoms with E-state index < -0.39 is 6.04 Å². The molecule has 0 spiro atoms. The molecule has 0 aliphatic heterocycles. The molecule has 2 N–H and O–H groups in total. The number of hydrogen-bond acceptors (Lipinski definition) is 7. The Morgan fingerprint density at radius 1 is 1.17 bits per heavy atom. The van der Waals surface area contributed by atoms with Gasteiger partial charge in [0, 0.05) is 12.3 Å². The Labute approximate surface area is 176 Å². The summed E-state index contributed by atoms with van der Waals surface area (Å²) in [4.78, 5) is 7.58. The van der Waals surface area contributed by atoms with Crippen LogP contribution in [0.1, 0.15) is 30.9 Å². The van der Waals surface area contributed by atoms with E-state index in [1.54, 1.807) is 18.3 Å². The van der Waals surface area contributed by atoms with E-state index in [9.17, 15) is 0 Å². The first kappa shape index (κ1) is 22.9. The molecule has 0 amide bonds. The number of halogens is 1. The zero-order valence-electron chi connectivity index (χ0n) is 16.6. The van der Waals surface area contributed by atoms with Crippen molar-refractivity contribution in [3.63, 3.8) is 0 Å². The first-order valence-electron chi connectivity index (χ1n) is 9.17. The monoisotopic (exact) mass is 417 g/mol. The number of ether oxygens (including phenoxy) is 2. The standard InChI is InChI=1S/C19H21N7O2.CH4.FH/c1-21-11-16(13-28-18-9-5-6-10-22-18)26-19(23-24-25-26)17(20)14-27-12-15-7-3-2-4-8-15;;/h2-10,16-17H,11-14,20H2;1H4;1H/t16-,17?;;/m1../s1/i/hT. The van der Waals surface area contributed by atoms with Gasteiger partial charge in [-0.1, -0.05) is 43.8 Å². The highest BCUT2D eigenvalue weighted by atomic mass is 19.0. The lowest BCUT2D eigenvalue weighted by molar-refractivity contribution is 0.104. The highest BCUT2D eigenvalue weighted by molar-refractivity contribution is 5.13. The van der Waals surface area contributed by atoms with Crippen LogP contribution in [0.25, 0.3) is 4.85 Å². The maximum atomic E-state index is 8.75. The number of rotatable bonds is 10. The van der Waals surface area contributed by atoms with Crippen LogP contribution in [0, 0.1) is 6.57 Å². The summed E-state index contributed by atoms with van der Waals surface area (Å²) in [5.74, 6) is 0.925. The molecule has 3 rings (SSSR count). The molecule has 2 heterocycles. The van der Waals surface area contributed by atoms with Crippen LogP contribution in [0.2, 0.25) is 0 Å².